The quantitative estimate of drug-likeness (QED) is 0.442. The van der Waals surface area contributed by atoms with E-state index in [9.17, 15) is 14.7 Å². The summed E-state index contributed by atoms with van der Waals surface area (Å²) in [4.78, 5) is 37.7. The summed E-state index contributed by atoms with van der Waals surface area (Å²) in [7, 11) is 5.34. The normalized spacial score (nSPS) is 18.3. The number of ether oxygens (including phenoxy) is 1. The van der Waals surface area contributed by atoms with E-state index in [1.54, 1.807) is 39.2 Å². The second-order valence-corrected chi connectivity index (χ2v) is 7.49. The lowest BCUT2D eigenvalue weighted by atomic mass is 9.95. The van der Waals surface area contributed by atoms with Crippen LogP contribution in [0.3, 0.4) is 0 Å². The van der Waals surface area contributed by atoms with Crippen molar-refractivity contribution in [3.8, 4) is 5.75 Å². The lowest BCUT2D eigenvalue weighted by Crippen LogP contribution is -2.35. The highest BCUT2D eigenvalue weighted by Gasteiger charge is 2.46. The van der Waals surface area contributed by atoms with Crippen molar-refractivity contribution >= 4 is 17.4 Å². The Hall–Kier alpha value is -3.26. The summed E-state index contributed by atoms with van der Waals surface area (Å²) in [5.41, 5.74) is 1.57. The first-order valence-corrected chi connectivity index (χ1v) is 9.62. The second kappa shape index (κ2) is 8.62. The summed E-state index contributed by atoms with van der Waals surface area (Å²) in [5.74, 6) is -0.484. The van der Waals surface area contributed by atoms with Crippen LogP contribution in [0.25, 0.3) is 5.76 Å². The zero-order valence-corrected chi connectivity index (χ0v) is 17.8. The molecule has 30 heavy (non-hydrogen) atoms. The molecule has 8 heteroatoms. The number of benzene rings is 1. The van der Waals surface area contributed by atoms with Crippen molar-refractivity contribution in [2.45, 2.75) is 19.9 Å². The van der Waals surface area contributed by atoms with Gasteiger partial charge in [-0.25, -0.2) is 9.97 Å². The van der Waals surface area contributed by atoms with Crippen LogP contribution in [0.5, 0.6) is 5.75 Å². The number of hydrogen-bond acceptors (Lipinski definition) is 7. The summed E-state index contributed by atoms with van der Waals surface area (Å²) in [6.07, 6.45) is 1.48. The first-order valence-electron chi connectivity index (χ1n) is 9.62. The Kier molecular flexibility index (Phi) is 6.17. The number of carbonyl (C=O) groups excluding carboxylic acids is 2. The van der Waals surface area contributed by atoms with E-state index < -0.39 is 17.7 Å². The summed E-state index contributed by atoms with van der Waals surface area (Å²) in [6, 6.07) is 6.42. The average Bonchev–Trinajstić information content (AvgIpc) is 2.96. The molecule has 1 fully saturated rings. The van der Waals surface area contributed by atoms with Crippen LogP contribution in [-0.4, -0.2) is 70.9 Å². The van der Waals surface area contributed by atoms with Gasteiger partial charge in [-0.1, -0.05) is 12.1 Å². The lowest BCUT2D eigenvalue weighted by molar-refractivity contribution is -0.140. The van der Waals surface area contributed by atoms with Gasteiger partial charge in [0.1, 0.15) is 17.3 Å². The molecule has 1 amide bonds. The Balaban J connectivity index is 2.19. The predicted molar refractivity (Wildman–Crippen MR) is 112 cm³/mol. The highest BCUT2D eigenvalue weighted by molar-refractivity contribution is 6.46. The topological polar surface area (TPSA) is 95.9 Å². The van der Waals surface area contributed by atoms with Gasteiger partial charge < -0.3 is 19.6 Å². The van der Waals surface area contributed by atoms with Crippen molar-refractivity contribution < 1.29 is 19.4 Å². The molecule has 0 radical (unpaired) electrons. The molecule has 0 saturated carbocycles. The van der Waals surface area contributed by atoms with Crippen LogP contribution >= 0.6 is 0 Å². The monoisotopic (exact) mass is 410 g/mol. The Morgan fingerprint density at radius 2 is 2.00 bits per heavy atom. The molecule has 1 aromatic heterocycles. The van der Waals surface area contributed by atoms with E-state index >= 15 is 0 Å². The van der Waals surface area contributed by atoms with Gasteiger partial charge in [-0.3, -0.25) is 9.59 Å². The molecule has 1 saturated heterocycles. The third-order valence-corrected chi connectivity index (χ3v) is 5.09. The molecule has 8 nitrogen and oxygen atoms in total. The van der Waals surface area contributed by atoms with Crippen LogP contribution in [0.2, 0.25) is 0 Å². The van der Waals surface area contributed by atoms with Crippen molar-refractivity contribution in [1.29, 1.82) is 0 Å². The van der Waals surface area contributed by atoms with Gasteiger partial charge in [0.2, 0.25) is 0 Å². The third-order valence-electron chi connectivity index (χ3n) is 5.09. The Morgan fingerprint density at radius 3 is 2.63 bits per heavy atom. The summed E-state index contributed by atoms with van der Waals surface area (Å²) >= 11 is 0. The zero-order chi connectivity index (χ0) is 22.0. The molecule has 1 aliphatic rings. The number of aromatic nitrogens is 2. The van der Waals surface area contributed by atoms with E-state index in [0.717, 1.165) is 0 Å². The zero-order valence-electron chi connectivity index (χ0n) is 17.8. The Morgan fingerprint density at radius 1 is 1.27 bits per heavy atom. The number of carbonyl (C=O) groups is 2. The van der Waals surface area contributed by atoms with Gasteiger partial charge in [-0.15, -0.1) is 0 Å². The largest absolute Gasteiger partial charge is 0.507 e. The number of hydrogen-bond donors (Lipinski definition) is 1. The molecule has 0 spiro atoms. The maximum absolute atomic E-state index is 13.0. The van der Waals surface area contributed by atoms with Crippen molar-refractivity contribution in [3.05, 3.63) is 58.7 Å². The smallest absolute Gasteiger partial charge is 0.295 e. The molecule has 1 aromatic carbocycles. The van der Waals surface area contributed by atoms with Crippen molar-refractivity contribution in [3.63, 3.8) is 0 Å². The molecule has 0 bridgehead atoms. The molecular weight excluding hydrogens is 384 g/mol. The number of rotatable bonds is 6. The minimum Gasteiger partial charge on any atom is -0.507 e. The molecule has 0 aliphatic carbocycles. The fraction of sp³-hybridized carbons (Fsp3) is 0.364. The molecule has 1 aliphatic heterocycles. The molecule has 3 rings (SSSR count). The van der Waals surface area contributed by atoms with Gasteiger partial charge >= 0.3 is 0 Å². The number of aryl methyl sites for hydroxylation is 2. The number of likely N-dealkylation sites (N-methyl/N-ethyl adjacent to an activating group) is 1. The number of likely N-dealkylation sites (tertiary alicyclic amines) is 1. The number of amides is 1. The van der Waals surface area contributed by atoms with Gasteiger partial charge in [0.25, 0.3) is 11.7 Å². The molecular formula is C22H26N4O4. The van der Waals surface area contributed by atoms with Crippen LogP contribution in [0.1, 0.15) is 28.7 Å². The van der Waals surface area contributed by atoms with Crippen molar-refractivity contribution in [2.75, 3.05) is 34.3 Å². The fourth-order valence-corrected chi connectivity index (χ4v) is 3.54. The first-order chi connectivity index (χ1) is 14.2. The molecule has 1 N–H and O–H groups in total. The van der Waals surface area contributed by atoms with E-state index in [4.69, 9.17) is 4.74 Å². The lowest BCUT2D eigenvalue weighted by Gasteiger charge is -2.26. The summed E-state index contributed by atoms with van der Waals surface area (Å²) in [5, 5.41) is 11.1. The van der Waals surface area contributed by atoms with Crippen LogP contribution in [0.15, 0.2) is 36.0 Å². The maximum Gasteiger partial charge on any atom is 0.295 e. The van der Waals surface area contributed by atoms with Gasteiger partial charge in [-0.2, -0.15) is 0 Å². The van der Waals surface area contributed by atoms with E-state index in [1.165, 1.54) is 11.1 Å². The second-order valence-electron chi connectivity index (χ2n) is 7.49. The summed E-state index contributed by atoms with van der Waals surface area (Å²) < 4.78 is 5.32. The minimum atomic E-state index is -0.735. The molecule has 1 atom stereocenters. The number of Topliss-reactive ketones (excluding diaryl/α,β-unsaturated/α-hetero) is 1. The number of aliphatic hydroxyl groups is 1. The van der Waals surface area contributed by atoms with Gasteiger partial charge in [0, 0.05) is 19.3 Å². The first kappa shape index (κ1) is 21.4. The fourth-order valence-electron chi connectivity index (χ4n) is 3.54. The standard InChI is InChI=1S/C22H26N4O4/c1-13-17(12-23-14(2)24-13)20(27)18-19(15-7-6-8-16(11-15)30-5)26(10-9-25(3)4)22(29)21(18)28/h6-8,11-12,19,27H,9-10H2,1-5H3/b20-18+/t19-/m1/s1. The SMILES string of the molecule is COc1cccc([C@@H]2/C(=C(\O)c3cnc(C)nc3C)C(=O)C(=O)N2CCN(C)C)c1. The number of nitrogens with zero attached hydrogens (tertiary/aromatic N) is 4. The van der Waals surface area contributed by atoms with Crippen LogP contribution in [0.4, 0.5) is 0 Å². The minimum absolute atomic E-state index is 0.0302. The maximum atomic E-state index is 13.0. The van der Waals surface area contributed by atoms with Crippen LogP contribution < -0.4 is 4.74 Å². The van der Waals surface area contributed by atoms with E-state index in [2.05, 4.69) is 9.97 Å². The van der Waals surface area contributed by atoms with Gasteiger partial charge in [-0.05, 0) is 45.6 Å². The highest BCUT2D eigenvalue weighted by Crippen LogP contribution is 2.40. The van der Waals surface area contributed by atoms with Crippen LogP contribution in [-0.2, 0) is 9.59 Å². The number of aliphatic hydroxyl groups excluding tert-OH is 1. The Labute approximate surface area is 175 Å². The molecule has 2 aromatic rings. The predicted octanol–water partition coefficient (Wildman–Crippen LogP) is 2.09. The van der Waals surface area contributed by atoms with Gasteiger partial charge in [0.15, 0.2) is 0 Å². The van der Waals surface area contributed by atoms with E-state index in [1.807, 2.05) is 25.1 Å². The highest BCUT2D eigenvalue weighted by atomic mass is 16.5. The molecule has 0 unspecified atom stereocenters. The van der Waals surface area contributed by atoms with Crippen molar-refractivity contribution in [2.24, 2.45) is 0 Å². The van der Waals surface area contributed by atoms with Crippen molar-refractivity contribution in [1.82, 2.24) is 19.8 Å². The van der Waals surface area contributed by atoms with Crippen LogP contribution in [0, 0.1) is 13.8 Å². The molecule has 158 valence electrons. The Bertz CT molecular complexity index is 1020. The van der Waals surface area contributed by atoms with E-state index in [-0.39, 0.29) is 11.3 Å². The van der Waals surface area contributed by atoms with E-state index in [0.29, 0.717) is 41.5 Å². The summed E-state index contributed by atoms with van der Waals surface area (Å²) in [6.45, 7) is 4.37. The number of methoxy groups -OCH3 is 1. The van der Waals surface area contributed by atoms with Gasteiger partial charge in [0.05, 0.1) is 30.0 Å². The number of ketones is 1. The third kappa shape index (κ3) is 4.04. The average molecular weight is 410 g/mol. The molecule has 2 heterocycles.